The Bertz CT molecular complexity index is 268. The van der Waals surface area contributed by atoms with Gasteiger partial charge in [-0.15, -0.1) is 0 Å². The van der Waals surface area contributed by atoms with Crippen LogP contribution in [0.15, 0.2) is 0 Å². The van der Waals surface area contributed by atoms with Crippen LogP contribution in [0.25, 0.3) is 0 Å². The predicted octanol–water partition coefficient (Wildman–Crippen LogP) is -2.22. The van der Waals surface area contributed by atoms with Crippen molar-refractivity contribution in [3.8, 4) is 0 Å². The van der Waals surface area contributed by atoms with E-state index in [2.05, 4.69) is 10.6 Å². The molecule has 1 amide bonds. The van der Waals surface area contributed by atoms with Crippen molar-refractivity contribution in [1.29, 1.82) is 5.41 Å². The second kappa shape index (κ2) is 7.46. The van der Waals surface area contributed by atoms with Crippen LogP contribution in [0, 0.1) is 5.41 Å². The molecular weight excluding hydrogens is 214 g/mol. The molecule has 0 bridgehead atoms. The van der Waals surface area contributed by atoms with Gasteiger partial charge in [-0.2, -0.15) is 0 Å². The second-order valence-corrected chi connectivity index (χ2v) is 3.22. The molecule has 0 spiro atoms. The van der Waals surface area contributed by atoms with Crippen molar-refractivity contribution in [2.24, 2.45) is 11.5 Å². The van der Waals surface area contributed by atoms with Crippen LogP contribution in [-0.2, 0) is 9.59 Å². The summed E-state index contributed by atoms with van der Waals surface area (Å²) in [5.74, 6) is -1.80. The van der Waals surface area contributed by atoms with Gasteiger partial charge in [0.2, 0.25) is 5.91 Å². The molecule has 92 valence electrons. The number of amides is 1. The highest BCUT2D eigenvalue weighted by Gasteiger charge is 2.16. The average molecular weight is 231 g/mol. The maximum absolute atomic E-state index is 10.7. The molecular formula is C8H17N5O3. The molecule has 0 aliphatic heterocycles. The van der Waals surface area contributed by atoms with Gasteiger partial charge in [-0.05, 0) is 12.8 Å². The van der Waals surface area contributed by atoms with E-state index < -0.39 is 17.9 Å². The molecule has 0 rings (SSSR count). The van der Waals surface area contributed by atoms with E-state index in [0.717, 1.165) is 0 Å². The molecule has 0 heterocycles. The summed E-state index contributed by atoms with van der Waals surface area (Å²) in [4.78, 5) is 21.2. The number of hydrogen-bond donors (Lipinski definition) is 6. The summed E-state index contributed by atoms with van der Waals surface area (Å²) in [6, 6.07) is -0.818. The second-order valence-electron chi connectivity index (χ2n) is 3.22. The summed E-state index contributed by atoms with van der Waals surface area (Å²) < 4.78 is 0. The topological polar surface area (TPSA) is 154 Å². The average Bonchev–Trinajstić information content (AvgIpc) is 2.15. The maximum Gasteiger partial charge on any atom is 0.320 e. The van der Waals surface area contributed by atoms with Gasteiger partial charge < -0.3 is 21.9 Å². The summed E-state index contributed by atoms with van der Waals surface area (Å²) >= 11 is 0. The zero-order valence-electron chi connectivity index (χ0n) is 8.82. The first-order chi connectivity index (χ1) is 7.43. The third-order valence-electron chi connectivity index (χ3n) is 1.81. The molecule has 0 fully saturated rings. The van der Waals surface area contributed by atoms with Gasteiger partial charge in [0.15, 0.2) is 5.96 Å². The molecule has 0 aromatic carbocycles. The first kappa shape index (κ1) is 14.2. The van der Waals surface area contributed by atoms with E-state index in [-0.39, 0.29) is 12.5 Å². The Morgan fingerprint density at radius 3 is 2.44 bits per heavy atom. The van der Waals surface area contributed by atoms with Crippen molar-refractivity contribution >= 4 is 17.8 Å². The molecule has 16 heavy (non-hydrogen) atoms. The normalized spacial score (nSPS) is 11.8. The van der Waals surface area contributed by atoms with Crippen LogP contribution in [0.3, 0.4) is 0 Å². The molecule has 0 aromatic rings. The summed E-state index contributed by atoms with van der Waals surface area (Å²) in [6.45, 7) is 0.245. The maximum atomic E-state index is 10.7. The Labute approximate surface area is 92.9 Å². The highest BCUT2D eigenvalue weighted by atomic mass is 16.4. The van der Waals surface area contributed by atoms with E-state index in [1.54, 1.807) is 0 Å². The zero-order valence-corrected chi connectivity index (χ0v) is 8.82. The summed E-state index contributed by atoms with van der Waals surface area (Å²) in [5, 5.41) is 20.7. The molecule has 0 saturated heterocycles. The number of guanidine groups is 1. The number of aliphatic carboxylic acids is 1. The van der Waals surface area contributed by atoms with Crippen LogP contribution in [0.4, 0.5) is 0 Å². The van der Waals surface area contributed by atoms with Crippen LogP contribution >= 0.6 is 0 Å². The van der Waals surface area contributed by atoms with E-state index in [1.165, 1.54) is 0 Å². The van der Waals surface area contributed by atoms with Crippen molar-refractivity contribution in [2.45, 2.75) is 18.9 Å². The molecule has 0 aliphatic carbocycles. The lowest BCUT2D eigenvalue weighted by molar-refractivity contribution is -0.139. The van der Waals surface area contributed by atoms with Crippen LogP contribution in [0.2, 0.25) is 0 Å². The van der Waals surface area contributed by atoms with E-state index >= 15 is 0 Å². The minimum Gasteiger partial charge on any atom is -0.480 e. The third kappa shape index (κ3) is 7.56. The molecule has 8 heteroatoms. The van der Waals surface area contributed by atoms with Gasteiger partial charge >= 0.3 is 5.97 Å². The third-order valence-corrected chi connectivity index (χ3v) is 1.81. The fourth-order valence-corrected chi connectivity index (χ4v) is 1.07. The molecule has 8 N–H and O–H groups in total. The quantitative estimate of drug-likeness (QED) is 0.158. The predicted molar refractivity (Wildman–Crippen MR) is 57.8 cm³/mol. The fraction of sp³-hybridized carbons (Fsp3) is 0.625. The van der Waals surface area contributed by atoms with E-state index in [0.29, 0.717) is 19.4 Å². The first-order valence-electron chi connectivity index (χ1n) is 4.76. The Kier molecular flexibility index (Phi) is 6.61. The number of nitrogens with one attached hydrogen (secondary N) is 3. The van der Waals surface area contributed by atoms with E-state index in [1.807, 2.05) is 0 Å². The van der Waals surface area contributed by atoms with Gasteiger partial charge in [-0.3, -0.25) is 20.3 Å². The number of carboxylic acid groups (broad SMARTS) is 1. The Morgan fingerprint density at radius 1 is 1.38 bits per heavy atom. The lowest BCUT2D eigenvalue weighted by Gasteiger charge is -2.13. The van der Waals surface area contributed by atoms with Gasteiger partial charge in [0.05, 0.1) is 6.54 Å². The van der Waals surface area contributed by atoms with Gasteiger partial charge in [0.25, 0.3) is 0 Å². The summed E-state index contributed by atoms with van der Waals surface area (Å²) in [7, 11) is 0. The van der Waals surface area contributed by atoms with Crippen molar-refractivity contribution < 1.29 is 14.7 Å². The molecule has 0 aromatic heterocycles. The van der Waals surface area contributed by atoms with Crippen LogP contribution < -0.4 is 22.1 Å². The van der Waals surface area contributed by atoms with Crippen molar-refractivity contribution in [3.63, 3.8) is 0 Å². The molecule has 0 radical (unpaired) electrons. The largest absolute Gasteiger partial charge is 0.480 e. The standard InChI is InChI=1S/C8H17N5O3/c9-6(14)4-13-5(7(15)16)2-1-3-12-8(10)11/h5,13H,1-4H2,(H2,9,14)(H,15,16)(H4,10,11,12). The van der Waals surface area contributed by atoms with Gasteiger partial charge in [-0.25, -0.2) is 0 Å². The number of carbonyl (C=O) groups is 2. The van der Waals surface area contributed by atoms with E-state index in [4.69, 9.17) is 22.0 Å². The number of carbonyl (C=O) groups excluding carboxylic acids is 1. The van der Waals surface area contributed by atoms with Crippen molar-refractivity contribution in [3.05, 3.63) is 0 Å². The molecule has 0 saturated carbocycles. The number of primary amides is 1. The fourth-order valence-electron chi connectivity index (χ4n) is 1.07. The smallest absolute Gasteiger partial charge is 0.320 e. The Balaban J connectivity index is 3.81. The lowest BCUT2D eigenvalue weighted by atomic mass is 10.1. The van der Waals surface area contributed by atoms with Crippen molar-refractivity contribution in [2.75, 3.05) is 13.1 Å². The van der Waals surface area contributed by atoms with Gasteiger partial charge in [0, 0.05) is 6.54 Å². The lowest BCUT2D eigenvalue weighted by Crippen LogP contribution is -2.42. The van der Waals surface area contributed by atoms with Crippen molar-refractivity contribution in [1.82, 2.24) is 10.6 Å². The molecule has 0 aliphatic rings. The molecule has 1 unspecified atom stereocenters. The van der Waals surface area contributed by atoms with Crippen LogP contribution in [0.1, 0.15) is 12.8 Å². The number of nitrogens with two attached hydrogens (primary N) is 2. The molecule has 1 atom stereocenters. The number of carboxylic acids is 1. The Hall–Kier alpha value is -1.83. The minimum atomic E-state index is -1.04. The summed E-state index contributed by atoms with van der Waals surface area (Å²) in [5.41, 5.74) is 9.93. The highest BCUT2D eigenvalue weighted by Crippen LogP contribution is 1.96. The first-order valence-corrected chi connectivity index (χ1v) is 4.76. The highest BCUT2D eigenvalue weighted by molar-refractivity contribution is 5.78. The molecule has 8 nitrogen and oxygen atoms in total. The number of hydrogen-bond acceptors (Lipinski definition) is 4. The van der Waals surface area contributed by atoms with Gasteiger partial charge in [0.1, 0.15) is 6.04 Å². The minimum absolute atomic E-state index is 0.156. The van der Waals surface area contributed by atoms with Crippen LogP contribution in [-0.4, -0.2) is 42.1 Å². The zero-order chi connectivity index (χ0) is 12.6. The monoisotopic (exact) mass is 231 g/mol. The Morgan fingerprint density at radius 2 is 2.00 bits per heavy atom. The summed E-state index contributed by atoms with van der Waals surface area (Å²) in [6.07, 6.45) is 0.838. The van der Waals surface area contributed by atoms with E-state index in [9.17, 15) is 9.59 Å². The van der Waals surface area contributed by atoms with Crippen LogP contribution in [0.5, 0.6) is 0 Å². The number of rotatable bonds is 8. The van der Waals surface area contributed by atoms with Gasteiger partial charge in [-0.1, -0.05) is 0 Å². The SMILES string of the molecule is N=C(N)NCCCC(NCC(N)=O)C(=O)O.